The van der Waals surface area contributed by atoms with E-state index in [4.69, 9.17) is 16.3 Å². The Morgan fingerprint density at radius 2 is 2.14 bits per heavy atom. The van der Waals surface area contributed by atoms with Crippen LogP contribution in [0.4, 0.5) is 5.82 Å². The van der Waals surface area contributed by atoms with Crippen molar-refractivity contribution in [1.29, 1.82) is 0 Å². The number of fused-ring (bicyclic) bond motifs is 3. The third-order valence-electron chi connectivity index (χ3n) is 5.26. The number of halogens is 1. The summed E-state index contributed by atoms with van der Waals surface area (Å²) in [5, 5.41) is 12.7. The molecule has 0 saturated heterocycles. The molecule has 1 aromatic carbocycles. The van der Waals surface area contributed by atoms with Crippen molar-refractivity contribution in [3.05, 3.63) is 47.4 Å². The molecule has 0 spiro atoms. The van der Waals surface area contributed by atoms with E-state index >= 15 is 0 Å². The number of carbonyl (C=O) groups excluding carboxylic acids is 1. The maximum atomic E-state index is 12.1. The predicted octanol–water partition coefficient (Wildman–Crippen LogP) is 4.26. The van der Waals surface area contributed by atoms with Crippen molar-refractivity contribution < 1.29 is 9.53 Å². The summed E-state index contributed by atoms with van der Waals surface area (Å²) in [6.07, 6.45) is 5.28. The van der Waals surface area contributed by atoms with Gasteiger partial charge >= 0.3 is 0 Å². The first-order valence-electron chi connectivity index (χ1n) is 9.33. The molecule has 5 rings (SSSR count). The summed E-state index contributed by atoms with van der Waals surface area (Å²) in [6, 6.07) is 7.65. The molecule has 29 heavy (non-hydrogen) atoms. The molecular weight excluding hydrogens is 390 g/mol. The normalized spacial score (nSPS) is 13.8. The van der Waals surface area contributed by atoms with Gasteiger partial charge < -0.3 is 10.1 Å². The number of aryl methyl sites for hydroxylation is 1. The molecule has 0 aliphatic heterocycles. The van der Waals surface area contributed by atoms with E-state index in [1.165, 1.54) is 0 Å². The fourth-order valence-corrected chi connectivity index (χ4v) is 3.95. The van der Waals surface area contributed by atoms with Crippen molar-refractivity contribution in [2.75, 3.05) is 12.4 Å². The lowest BCUT2D eigenvalue weighted by Crippen LogP contribution is -2.14. The highest BCUT2D eigenvalue weighted by molar-refractivity contribution is 6.35. The summed E-state index contributed by atoms with van der Waals surface area (Å²) in [7, 11) is 1.59. The number of rotatable bonds is 4. The topological polar surface area (TPSA) is 81.4 Å². The predicted molar refractivity (Wildman–Crippen MR) is 111 cm³/mol. The number of aromatic nitrogens is 4. The van der Waals surface area contributed by atoms with E-state index in [1.54, 1.807) is 19.6 Å². The summed E-state index contributed by atoms with van der Waals surface area (Å²) in [5.74, 6) is 1.25. The Morgan fingerprint density at radius 1 is 1.31 bits per heavy atom. The van der Waals surface area contributed by atoms with Gasteiger partial charge in [0.1, 0.15) is 17.9 Å². The van der Waals surface area contributed by atoms with E-state index in [2.05, 4.69) is 20.5 Å². The molecular formula is C21H18ClN5O2. The minimum absolute atomic E-state index is 0.0206. The monoisotopic (exact) mass is 407 g/mol. The third kappa shape index (κ3) is 2.98. The van der Waals surface area contributed by atoms with Crippen LogP contribution in [0.3, 0.4) is 0 Å². The van der Waals surface area contributed by atoms with Gasteiger partial charge in [-0.15, -0.1) is 10.2 Å². The zero-order valence-corrected chi connectivity index (χ0v) is 16.7. The number of benzene rings is 1. The number of ether oxygens (including phenoxy) is 1. The molecule has 3 aromatic heterocycles. The van der Waals surface area contributed by atoms with Crippen molar-refractivity contribution in [3.63, 3.8) is 0 Å². The number of nitrogens with zero attached hydrogens (tertiary/aromatic N) is 4. The molecule has 3 heterocycles. The van der Waals surface area contributed by atoms with Crippen molar-refractivity contribution in [2.45, 2.75) is 19.8 Å². The maximum Gasteiger partial charge on any atom is 0.228 e. The Labute approximate surface area is 171 Å². The Hall–Kier alpha value is -3.19. The van der Waals surface area contributed by atoms with Crippen LogP contribution < -0.4 is 10.1 Å². The summed E-state index contributed by atoms with van der Waals surface area (Å²) in [5.41, 5.74) is 4.21. The lowest BCUT2D eigenvalue weighted by atomic mass is 9.99. The molecule has 1 amide bonds. The Bertz CT molecular complexity index is 1280. The summed E-state index contributed by atoms with van der Waals surface area (Å²) in [4.78, 5) is 16.5. The molecule has 4 aromatic rings. The van der Waals surface area contributed by atoms with Gasteiger partial charge in [0, 0.05) is 34.7 Å². The molecule has 146 valence electrons. The molecule has 1 aliphatic carbocycles. The Morgan fingerprint density at radius 3 is 2.90 bits per heavy atom. The highest BCUT2D eigenvalue weighted by atomic mass is 35.5. The zero-order chi connectivity index (χ0) is 20.1. The maximum absolute atomic E-state index is 12.1. The van der Waals surface area contributed by atoms with Gasteiger partial charge in [-0.3, -0.25) is 9.20 Å². The van der Waals surface area contributed by atoms with Crippen LogP contribution in [0.2, 0.25) is 5.02 Å². The van der Waals surface area contributed by atoms with E-state index < -0.39 is 0 Å². The first-order chi connectivity index (χ1) is 14.1. The first kappa shape index (κ1) is 17.9. The van der Waals surface area contributed by atoms with Gasteiger partial charge in [-0.05, 0) is 37.5 Å². The smallest absolute Gasteiger partial charge is 0.228 e. The molecule has 8 heteroatoms. The minimum Gasteiger partial charge on any atom is -0.495 e. The van der Waals surface area contributed by atoms with Crippen LogP contribution in [-0.2, 0) is 4.79 Å². The SMILES string of the molecule is COc1ccc(C)c(-c2cc3cnc(NC(=O)C4CC4)cc3n3cnnc23)c1Cl. The molecule has 0 bridgehead atoms. The Balaban J connectivity index is 1.70. The standard InChI is InChI=1S/C21H18ClN5O2/c1-11-3-6-16(29-2)19(22)18(11)14-7-13-9-23-17(25-21(28)12-4-5-12)8-15(13)27-10-24-26-20(14)27/h3,6-10,12H,4-5H2,1-2H3,(H,23,25,28). The second-order valence-corrected chi connectivity index (χ2v) is 7.63. The number of pyridine rings is 2. The van der Waals surface area contributed by atoms with Gasteiger partial charge in [-0.25, -0.2) is 4.98 Å². The quantitative estimate of drug-likeness (QED) is 0.546. The lowest BCUT2D eigenvalue weighted by Gasteiger charge is -2.14. The first-order valence-corrected chi connectivity index (χ1v) is 9.71. The van der Waals surface area contributed by atoms with Crippen molar-refractivity contribution in [3.8, 4) is 16.9 Å². The lowest BCUT2D eigenvalue weighted by molar-refractivity contribution is -0.117. The number of hydrogen-bond donors (Lipinski definition) is 1. The molecule has 0 atom stereocenters. The number of carbonyl (C=O) groups is 1. The molecule has 1 fully saturated rings. The number of anilines is 1. The van der Waals surface area contributed by atoms with E-state index in [-0.39, 0.29) is 11.8 Å². The van der Waals surface area contributed by atoms with Crippen LogP contribution >= 0.6 is 11.6 Å². The van der Waals surface area contributed by atoms with Crippen molar-refractivity contribution in [1.82, 2.24) is 19.6 Å². The van der Waals surface area contributed by atoms with Gasteiger partial charge in [0.15, 0.2) is 5.65 Å². The van der Waals surface area contributed by atoms with Crippen molar-refractivity contribution in [2.24, 2.45) is 5.92 Å². The molecule has 0 unspecified atom stereocenters. The van der Waals surface area contributed by atoms with Gasteiger partial charge in [0.25, 0.3) is 0 Å². The highest BCUT2D eigenvalue weighted by Crippen LogP contribution is 2.40. The fourth-order valence-electron chi connectivity index (χ4n) is 3.56. The van der Waals surface area contributed by atoms with E-state index in [9.17, 15) is 4.79 Å². The number of nitrogens with one attached hydrogen (secondary N) is 1. The molecule has 1 saturated carbocycles. The van der Waals surface area contributed by atoms with Gasteiger partial charge in [-0.1, -0.05) is 17.7 Å². The number of methoxy groups -OCH3 is 1. The summed E-state index contributed by atoms with van der Waals surface area (Å²) >= 11 is 6.64. The van der Waals surface area contributed by atoms with Gasteiger partial charge in [-0.2, -0.15) is 0 Å². The number of hydrogen-bond acceptors (Lipinski definition) is 5. The van der Waals surface area contributed by atoms with Crippen LogP contribution in [0.5, 0.6) is 5.75 Å². The zero-order valence-electron chi connectivity index (χ0n) is 15.9. The largest absolute Gasteiger partial charge is 0.495 e. The molecule has 1 aliphatic rings. The Kier molecular flexibility index (Phi) is 4.13. The second-order valence-electron chi connectivity index (χ2n) is 7.25. The molecule has 0 radical (unpaired) electrons. The molecule has 7 nitrogen and oxygen atoms in total. The highest BCUT2D eigenvalue weighted by Gasteiger charge is 2.30. The third-order valence-corrected chi connectivity index (χ3v) is 5.64. The molecule has 1 N–H and O–H groups in total. The van der Waals surface area contributed by atoms with Crippen LogP contribution in [0.15, 0.2) is 36.8 Å². The average Bonchev–Trinajstić information content (AvgIpc) is 3.45. The summed E-state index contributed by atoms with van der Waals surface area (Å²) in [6.45, 7) is 1.99. The van der Waals surface area contributed by atoms with Crippen LogP contribution in [0, 0.1) is 12.8 Å². The fraction of sp³-hybridized carbons (Fsp3) is 0.238. The number of amides is 1. The minimum atomic E-state index is 0.0206. The van der Waals surface area contributed by atoms with E-state index in [0.717, 1.165) is 40.4 Å². The van der Waals surface area contributed by atoms with Crippen LogP contribution in [0.1, 0.15) is 18.4 Å². The van der Waals surface area contributed by atoms with E-state index in [1.807, 2.05) is 35.6 Å². The van der Waals surface area contributed by atoms with Crippen molar-refractivity contribution >= 4 is 39.9 Å². The van der Waals surface area contributed by atoms with Crippen LogP contribution in [-0.4, -0.2) is 32.6 Å². The van der Waals surface area contributed by atoms with Crippen LogP contribution in [0.25, 0.3) is 27.7 Å². The second kappa shape index (κ2) is 6.70. The van der Waals surface area contributed by atoms with E-state index in [0.29, 0.717) is 22.2 Å². The van der Waals surface area contributed by atoms with Gasteiger partial charge in [0.05, 0.1) is 17.6 Å². The average molecular weight is 408 g/mol. The van der Waals surface area contributed by atoms with Gasteiger partial charge in [0.2, 0.25) is 5.91 Å². The summed E-state index contributed by atoms with van der Waals surface area (Å²) < 4.78 is 7.28.